The molecule has 3 rings (SSSR count). The second-order valence-corrected chi connectivity index (χ2v) is 7.42. The van der Waals surface area contributed by atoms with Crippen molar-refractivity contribution in [3.63, 3.8) is 0 Å². The van der Waals surface area contributed by atoms with Crippen LogP contribution < -0.4 is 10.2 Å². The van der Waals surface area contributed by atoms with Crippen molar-refractivity contribution in [1.82, 2.24) is 10.2 Å². The molecule has 0 radical (unpaired) electrons. The Kier molecular flexibility index (Phi) is 5.47. The molecule has 25 heavy (non-hydrogen) atoms. The van der Waals surface area contributed by atoms with Crippen LogP contribution in [0.25, 0.3) is 0 Å². The largest absolute Gasteiger partial charge is 0.393 e. The lowest BCUT2D eigenvalue weighted by molar-refractivity contribution is 0.145. The van der Waals surface area contributed by atoms with Crippen LogP contribution in [0.15, 0.2) is 18.2 Å². The number of hydrogen-bond donors (Lipinski definition) is 2. The normalized spacial score (nSPS) is 19.6. The molecule has 2 N–H and O–H groups in total. The average Bonchev–Trinajstić information content (AvgIpc) is 3.39. The summed E-state index contributed by atoms with van der Waals surface area (Å²) in [7, 11) is 1.80. The molecule has 1 saturated heterocycles. The first-order valence-electron chi connectivity index (χ1n) is 9.18. The maximum atomic E-state index is 13.8. The Morgan fingerprint density at radius 2 is 2.04 bits per heavy atom. The van der Waals surface area contributed by atoms with E-state index in [0.29, 0.717) is 18.8 Å². The standard InChI is InChI=1S/C19H28FN3O2/c1-13(21-19(25)22(2)12-14-3-4-14)17-11-15(20)5-6-18(17)23-9-7-16(24)8-10-23/h5-6,11,13-14,16,24H,3-4,7-10,12H2,1-2H3,(H,21,25). The Balaban J connectivity index is 1.70. The van der Waals surface area contributed by atoms with Crippen molar-refractivity contribution in [1.29, 1.82) is 0 Å². The number of aliphatic hydroxyl groups excluding tert-OH is 1. The van der Waals surface area contributed by atoms with E-state index in [9.17, 15) is 14.3 Å². The second-order valence-electron chi connectivity index (χ2n) is 7.42. The van der Waals surface area contributed by atoms with Crippen LogP contribution in [-0.2, 0) is 0 Å². The molecule has 0 spiro atoms. The number of carbonyl (C=O) groups excluding carboxylic acids is 1. The summed E-state index contributed by atoms with van der Waals surface area (Å²) in [5.74, 6) is 0.332. The van der Waals surface area contributed by atoms with E-state index in [-0.39, 0.29) is 24.0 Å². The summed E-state index contributed by atoms with van der Waals surface area (Å²) in [6, 6.07) is 4.33. The Morgan fingerprint density at radius 1 is 1.36 bits per heavy atom. The molecule has 5 nitrogen and oxygen atoms in total. The fraction of sp³-hybridized carbons (Fsp3) is 0.632. The lowest BCUT2D eigenvalue weighted by Gasteiger charge is -2.34. The van der Waals surface area contributed by atoms with E-state index in [1.165, 1.54) is 25.0 Å². The molecule has 2 aliphatic rings. The number of aliphatic hydroxyl groups is 1. The van der Waals surface area contributed by atoms with Gasteiger partial charge in [-0.15, -0.1) is 0 Å². The first-order chi connectivity index (χ1) is 11.9. The number of amides is 2. The summed E-state index contributed by atoms with van der Waals surface area (Å²) >= 11 is 0. The quantitative estimate of drug-likeness (QED) is 0.859. The van der Waals surface area contributed by atoms with E-state index in [1.807, 2.05) is 6.92 Å². The lowest BCUT2D eigenvalue weighted by atomic mass is 10.0. The van der Waals surface area contributed by atoms with E-state index in [4.69, 9.17) is 0 Å². The van der Waals surface area contributed by atoms with Crippen molar-refractivity contribution in [2.24, 2.45) is 5.92 Å². The third-order valence-corrected chi connectivity index (χ3v) is 5.18. The van der Waals surface area contributed by atoms with Gasteiger partial charge in [-0.25, -0.2) is 9.18 Å². The van der Waals surface area contributed by atoms with Gasteiger partial charge in [0.2, 0.25) is 0 Å². The van der Waals surface area contributed by atoms with Crippen molar-refractivity contribution >= 4 is 11.7 Å². The number of benzene rings is 1. The molecule has 1 saturated carbocycles. The third kappa shape index (κ3) is 4.63. The first-order valence-corrected chi connectivity index (χ1v) is 9.18. The summed E-state index contributed by atoms with van der Waals surface area (Å²) in [6.07, 6.45) is 3.56. The number of anilines is 1. The summed E-state index contributed by atoms with van der Waals surface area (Å²) in [6.45, 7) is 4.14. The third-order valence-electron chi connectivity index (χ3n) is 5.18. The molecule has 2 fully saturated rings. The molecule has 138 valence electrons. The molecule has 1 unspecified atom stereocenters. The SMILES string of the molecule is CC(NC(=O)N(C)CC1CC1)c1cc(F)ccc1N1CCC(O)CC1. The maximum Gasteiger partial charge on any atom is 0.317 e. The van der Waals surface area contributed by atoms with Crippen molar-refractivity contribution in [2.45, 2.75) is 44.8 Å². The predicted octanol–water partition coefficient (Wildman–Crippen LogP) is 2.90. The van der Waals surface area contributed by atoms with Crippen molar-refractivity contribution in [2.75, 3.05) is 31.6 Å². The Hall–Kier alpha value is -1.82. The molecular formula is C19H28FN3O2. The molecule has 1 aliphatic heterocycles. The van der Waals surface area contributed by atoms with Crippen LogP contribution in [-0.4, -0.2) is 48.8 Å². The van der Waals surface area contributed by atoms with E-state index < -0.39 is 0 Å². The van der Waals surface area contributed by atoms with E-state index in [1.54, 1.807) is 18.0 Å². The van der Waals surface area contributed by atoms with Gasteiger partial charge in [0.15, 0.2) is 0 Å². The minimum Gasteiger partial charge on any atom is -0.393 e. The Labute approximate surface area is 148 Å². The lowest BCUT2D eigenvalue weighted by Crippen LogP contribution is -2.40. The molecule has 1 aromatic rings. The van der Waals surface area contributed by atoms with Crippen molar-refractivity contribution < 1.29 is 14.3 Å². The van der Waals surface area contributed by atoms with E-state index in [2.05, 4.69) is 10.2 Å². The first kappa shape index (κ1) is 18.0. The highest BCUT2D eigenvalue weighted by atomic mass is 19.1. The number of piperidine rings is 1. The number of urea groups is 1. The van der Waals surface area contributed by atoms with Gasteiger partial charge >= 0.3 is 6.03 Å². The number of halogens is 1. The van der Waals surface area contributed by atoms with Gasteiger partial charge in [-0.2, -0.15) is 0 Å². The van der Waals surface area contributed by atoms with Gasteiger partial charge in [0.1, 0.15) is 5.82 Å². The maximum absolute atomic E-state index is 13.8. The van der Waals surface area contributed by atoms with Gasteiger partial charge in [-0.1, -0.05) is 0 Å². The second kappa shape index (κ2) is 7.60. The van der Waals surface area contributed by atoms with Crippen LogP contribution in [0.1, 0.15) is 44.2 Å². The molecular weight excluding hydrogens is 321 g/mol. The molecule has 6 heteroatoms. The zero-order valence-corrected chi connectivity index (χ0v) is 15.0. The van der Waals surface area contributed by atoms with Gasteiger partial charge in [0.05, 0.1) is 12.1 Å². The van der Waals surface area contributed by atoms with Gasteiger partial charge < -0.3 is 20.2 Å². The minimum absolute atomic E-state index is 0.122. The summed E-state index contributed by atoms with van der Waals surface area (Å²) < 4.78 is 13.8. The smallest absolute Gasteiger partial charge is 0.317 e. The number of hydrogen-bond acceptors (Lipinski definition) is 3. The molecule has 2 amide bonds. The van der Waals surface area contributed by atoms with Gasteiger partial charge in [0, 0.05) is 37.9 Å². The molecule has 0 bridgehead atoms. The van der Waals surface area contributed by atoms with E-state index in [0.717, 1.165) is 30.9 Å². The topological polar surface area (TPSA) is 55.8 Å². The van der Waals surface area contributed by atoms with Crippen LogP contribution in [0.3, 0.4) is 0 Å². The minimum atomic E-state index is -0.303. The number of carbonyl (C=O) groups is 1. The van der Waals surface area contributed by atoms with Gasteiger partial charge in [0.25, 0.3) is 0 Å². The molecule has 1 aromatic carbocycles. The van der Waals surface area contributed by atoms with Crippen LogP contribution in [0.4, 0.5) is 14.9 Å². The number of rotatable bonds is 5. The van der Waals surface area contributed by atoms with Crippen molar-refractivity contribution in [3.8, 4) is 0 Å². The summed E-state index contributed by atoms with van der Waals surface area (Å²) in [4.78, 5) is 16.3. The highest BCUT2D eigenvalue weighted by molar-refractivity contribution is 5.75. The van der Waals surface area contributed by atoms with Gasteiger partial charge in [-0.3, -0.25) is 0 Å². The number of nitrogens with zero attached hydrogens (tertiary/aromatic N) is 2. The fourth-order valence-corrected chi connectivity index (χ4v) is 3.41. The Bertz CT molecular complexity index is 613. The van der Waals surface area contributed by atoms with Crippen LogP contribution in [0.2, 0.25) is 0 Å². The zero-order valence-electron chi connectivity index (χ0n) is 15.0. The average molecular weight is 349 g/mol. The van der Waals surface area contributed by atoms with E-state index >= 15 is 0 Å². The molecule has 0 aromatic heterocycles. The highest BCUT2D eigenvalue weighted by Crippen LogP contribution is 2.31. The molecule has 1 atom stereocenters. The fourth-order valence-electron chi connectivity index (χ4n) is 3.41. The van der Waals surface area contributed by atoms with Crippen LogP contribution in [0, 0.1) is 11.7 Å². The van der Waals surface area contributed by atoms with Crippen molar-refractivity contribution in [3.05, 3.63) is 29.6 Å². The monoisotopic (exact) mass is 349 g/mol. The highest BCUT2D eigenvalue weighted by Gasteiger charge is 2.26. The number of nitrogens with one attached hydrogen (secondary N) is 1. The van der Waals surface area contributed by atoms with Crippen LogP contribution >= 0.6 is 0 Å². The zero-order chi connectivity index (χ0) is 18.0. The van der Waals surface area contributed by atoms with Gasteiger partial charge in [-0.05, 0) is 56.7 Å². The summed E-state index contributed by atoms with van der Waals surface area (Å²) in [5, 5.41) is 12.7. The molecule has 1 aliphatic carbocycles. The Morgan fingerprint density at radius 3 is 2.68 bits per heavy atom. The molecule has 1 heterocycles. The summed E-state index contributed by atoms with van der Waals surface area (Å²) in [5.41, 5.74) is 1.72. The van der Waals surface area contributed by atoms with Crippen LogP contribution in [0.5, 0.6) is 0 Å². The predicted molar refractivity (Wildman–Crippen MR) is 96.2 cm³/mol.